The monoisotopic (exact) mass is 353 g/mol. The van der Waals surface area contributed by atoms with Crippen molar-refractivity contribution in [1.82, 2.24) is 5.48 Å². The number of ketones is 2. The fourth-order valence-electron chi connectivity index (χ4n) is 2.52. The first-order chi connectivity index (χ1) is 12.1. The molecule has 1 N–H and O–H groups in total. The van der Waals surface area contributed by atoms with E-state index >= 15 is 0 Å². The van der Waals surface area contributed by atoms with E-state index in [1.807, 2.05) is 27.7 Å². The molecular weight excluding hydrogens is 330 g/mol. The maximum Gasteiger partial charge on any atom is 0.274 e. The van der Waals surface area contributed by atoms with Gasteiger partial charge in [-0.25, -0.2) is 5.48 Å². The summed E-state index contributed by atoms with van der Waals surface area (Å²) in [6.45, 7) is 7.37. The number of benzene rings is 2. The van der Waals surface area contributed by atoms with Crippen LogP contribution in [-0.4, -0.2) is 24.6 Å². The molecule has 2 aromatic carbocycles. The van der Waals surface area contributed by atoms with Gasteiger partial charge < -0.3 is 0 Å². The van der Waals surface area contributed by atoms with Gasteiger partial charge in [-0.2, -0.15) is 0 Å². The van der Waals surface area contributed by atoms with Crippen LogP contribution in [0.25, 0.3) is 0 Å². The molecule has 0 unspecified atom stereocenters. The van der Waals surface area contributed by atoms with Gasteiger partial charge in [-0.1, -0.05) is 51.1 Å². The largest absolute Gasteiger partial charge is 0.294 e. The standard InChI is InChI=1S/C21H23NO4/c1-13-6-7-16(20(25)22-26-5)12-17(13)18(23)14-8-10-15(11-9-14)19(24)21(2,3)4/h6-12H,1-5H3,(H,22,25). The van der Waals surface area contributed by atoms with Crippen molar-refractivity contribution in [3.63, 3.8) is 0 Å². The summed E-state index contributed by atoms with van der Waals surface area (Å²) in [6, 6.07) is 11.5. The Labute approximate surface area is 153 Å². The van der Waals surface area contributed by atoms with Gasteiger partial charge >= 0.3 is 0 Å². The van der Waals surface area contributed by atoms with E-state index in [4.69, 9.17) is 0 Å². The molecule has 0 spiro atoms. The first-order valence-electron chi connectivity index (χ1n) is 8.28. The Bertz CT molecular complexity index is 845. The first-order valence-corrected chi connectivity index (χ1v) is 8.28. The Balaban J connectivity index is 2.33. The van der Waals surface area contributed by atoms with Gasteiger partial charge in [-0.15, -0.1) is 0 Å². The fourth-order valence-corrected chi connectivity index (χ4v) is 2.52. The molecule has 5 heteroatoms. The molecule has 2 rings (SSSR count). The minimum absolute atomic E-state index is 0.0194. The summed E-state index contributed by atoms with van der Waals surface area (Å²) in [4.78, 5) is 41.7. The number of hydrogen-bond acceptors (Lipinski definition) is 4. The number of aryl methyl sites for hydroxylation is 1. The van der Waals surface area contributed by atoms with Crippen LogP contribution in [0.5, 0.6) is 0 Å². The van der Waals surface area contributed by atoms with E-state index in [2.05, 4.69) is 10.3 Å². The van der Waals surface area contributed by atoms with Gasteiger partial charge in [0.25, 0.3) is 5.91 Å². The predicted molar refractivity (Wildman–Crippen MR) is 99.3 cm³/mol. The molecule has 0 atom stereocenters. The topological polar surface area (TPSA) is 72.5 Å². The van der Waals surface area contributed by atoms with Crippen LogP contribution < -0.4 is 5.48 Å². The van der Waals surface area contributed by atoms with Crippen LogP contribution in [0.15, 0.2) is 42.5 Å². The van der Waals surface area contributed by atoms with Crippen molar-refractivity contribution in [3.05, 3.63) is 70.3 Å². The highest BCUT2D eigenvalue weighted by atomic mass is 16.6. The smallest absolute Gasteiger partial charge is 0.274 e. The van der Waals surface area contributed by atoms with E-state index in [0.717, 1.165) is 5.56 Å². The van der Waals surface area contributed by atoms with Crippen LogP contribution in [0.1, 0.15) is 63.0 Å². The lowest BCUT2D eigenvalue weighted by Crippen LogP contribution is -2.22. The lowest BCUT2D eigenvalue weighted by Gasteiger charge is -2.16. The third-order valence-electron chi connectivity index (χ3n) is 4.03. The van der Waals surface area contributed by atoms with Crippen molar-refractivity contribution >= 4 is 17.5 Å². The molecule has 0 radical (unpaired) electrons. The molecule has 0 aliphatic rings. The van der Waals surface area contributed by atoms with E-state index < -0.39 is 11.3 Å². The molecule has 0 aromatic heterocycles. The molecule has 0 aliphatic heterocycles. The van der Waals surface area contributed by atoms with Gasteiger partial charge in [0, 0.05) is 27.7 Å². The summed E-state index contributed by atoms with van der Waals surface area (Å²) in [5.41, 5.74) is 4.31. The highest BCUT2D eigenvalue weighted by Crippen LogP contribution is 2.22. The number of nitrogens with one attached hydrogen (secondary N) is 1. The number of amides is 1. The van der Waals surface area contributed by atoms with Crippen molar-refractivity contribution in [2.24, 2.45) is 5.41 Å². The van der Waals surface area contributed by atoms with Crippen molar-refractivity contribution in [3.8, 4) is 0 Å². The number of Topliss-reactive ketones (excluding diaryl/α,β-unsaturated/α-hetero) is 1. The van der Waals surface area contributed by atoms with Crippen LogP contribution in [0, 0.1) is 12.3 Å². The Hall–Kier alpha value is -2.79. The maximum absolute atomic E-state index is 12.8. The predicted octanol–water partition coefficient (Wildman–Crippen LogP) is 3.75. The first kappa shape index (κ1) is 19.5. The summed E-state index contributed by atoms with van der Waals surface area (Å²) in [5.74, 6) is -0.608. The molecular formula is C21H23NO4. The molecule has 0 heterocycles. The summed E-state index contributed by atoms with van der Waals surface area (Å²) in [6.07, 6.45) is 0. The highest BCUT2D eigenvalue weighted by Gasteiger charge is 2.23. The Morgan fingerprint density at radius 2 is 1.42 bits per heavy atom. The average molecular weight is 353 g/mol. The number of carbonyl (C=O) groups is 3. The summed E-state index contributed by atoms with van der Waals surface area (Å²) in [5, 5.41) is 0. The zero-order chi connectivity index (χ0) is 19.5. The second-order valence-electron chi connectivity index (χ2n) is 7.15. The van der Waals surface area contributed by atoms with Gasteiger partial charge in [0.1, 0.15) is 0 Å². The third kappa shape index (κ3) is 4.24. The lowest BCUT2D eigenvalue weighted by atomic mass is 9.86. The molecule has 0 saturated heterocycles. The van der Waals surface area contributed by atoms with Crippen molar-refractivity contribution in [1.29, 1.82) is 0 Å². The van der Waals surface area contributed by atoms with E-state index in [-0.39, 0.29) is 11.6 Å². The molecule has 0 aliphatic carbocycles. The minimum Gasteiger partial charge on any atom is -0.294 e. The minimum atomic E-state index is -0.481. The maximum atomic E-state index is 12.8. The SMILES string of the molecule is CONC(=O)c1ccc(C)c(C(=O)c2ccc(C(=O)C(C)(C)C)cc2)c1. The van der Waals surface area contributed by atoms with Crippen LogP contribution in [0.4, 0.5) is 0 Å². The average Bonchev–Trinajstić information content (AvgIpc) is 2.60. The van der Waals surface area contributed by atoms with Crippen molar-refractivity contribution in [2.45, 2.75) is 27.7 Å². The number of hydroxylamine groups is 1. The molecule has 2 aromatic rings. The summed E-state index contributed by atoms with van der Waals surface area (Å²) >= 11 is 0. The second kappa shape index (κ2) is 7.62. The Morgan fingerprint density at radius 3 is 1.96 bits per heavy atom. The second-order valence-corrected chi connectivity index (χ2v) is 7.15. The number of rotatable bonds is 5. The van der Waals surface area contributed by atoms with E-state index in [1.54, 1.807) is 42.5 Å². The molecule has 26 heavy (non-hydrogen) atoms. The number of hydrogen-bond donors (Lipinski definition) is 1. The lowest BCUT2D eigenvalue weighted by molar-refractivity contribution is 0.0537. The van der Waals surface area contributed by atoms with Crippen LogP contribution in [0.3, 0.4) is 0 Å². The van der Waals surface area contributed by atoms with Crippen molar-refractivity contribution < 1.29 is 19.2 Å². The molecule has 0 saturated carbocycles. The van der Waals surface area contributed by atoms with Crippen LogP contribution >= 0.6 is 0 Å². The van der Waals surface area contributed by atoms with Crippen molar-refractivity contribution in [2.75, 3.05) is 7.11 Å². The van der Waals surface area contributed by atoms with Crippen LogP contribution in [0.2, 0.25) is 0 Å². The zero-order valence-electron chi connectivity index (χ0n) is 15.7. The van der Waals surface area contributed by atoms with Gasteiger partial charge in [0.05, 0.1) is 7.11 Å². The summed E-state index contributed by atoms with van der Waals surface area (Å²) < 4.78 is 0. The van der Waals surface area contributed by atoms with E-state index in [9.17, 15) is 14.4 Å². The Morgan fingerprint density at radius 1 is 0.885 bits per heavy atom. The normalized spacial score (nSPS) is 11.1. The molecule has 136 valence electrons. The molecule has 0 fully saturated rings. The summed E-state index contributed by atoms with van der Waals surface area (Å²) in [7, 11) is 1.35. The van der Waals surface area contributed by atoms with Gasteiger partial charge in [0.15, 0.2) is 11.6 Å². The number of carbonyl (C=O) groups excluding carboxylic acids is 3. The molecule has 5 nitrogen and oxygen atoms in total. The fraction of sp³-hybridized carbons (Fsp3) is 0.286. The quantitative estimate of drug-likeness (QED) is 0.656. The third-order valence-corrected chi connectivity index (χ3v) is 4.03. The van der Waals surface area contributed by atoms with Gasteiger partial charge in [0.2, 0.25) is 0 Å². The van der Waals surface area contributed by atoms with E-state index in [1.165, 1.54) is 7.11 Å². The van der Waals surface area contributed by atoms with Gasteiger partial charge in [-0.3, -0.25) is 19.2 Å². The highest BCUT2D eigenvalue weighted by molar-refractivity contribution is 6.11. The van der Waals surface area contributed by atoms with Crippen LogP contribution in [-0.2, 0) is 4.84 Å². The zero-order valence-corrected chi connectivity index (χ0v) is 15.7. The van der Waals surface area contributed by atoms with E-state index in [0.29, 0.717) is 22.3 Å². The molecule has 0 bridgehead atoms. The van der Waals surface area contributed by atoms with Gasteiger partial charge in [-0.05, 0) is 24.6 Å². The Kier molecular flexibility index (Phi) is 5.73. The molecule has 1 amide bonds.